The summed E-state index contributed by atoms with van der Waals surface area (Å²) in [6.45, 7) is 5.68. The van der Waals surface area contributed by atoms with Crippen LogP contribution in [0.15, 0.2) is 12.1 Å². The van der Waals surface area contributed by atoms with E-state index in [9.17, 15) is 10.1 Å². The number of nitrogens with zero attached hydrogens (tertiary/aromatic N) is 4. The van der Waals surface area contributed by atoms with Crippen LogP contribution in [-0.4, -0.2) is 18.0 Å². The predicted molar refractivity (Wildman–Crippen MR) is 77.7 cm³/mol. The molecule has 0 bridgehead atoms. The molecule has 1 aliphatic heterocycles. The van der Waals surface area contributed by atoms with Crippen molar-refractivity contribution in [2.45, 2.75) is 20.3 Å². The molecular formula is C15H16N4O2. The van der Waals surface area contributed by atoms with E-state index in [1.807, 2.05) is 17.0 Å². The molecule has 1 fully saturated rings. The molecule has 2 rings (SSSR count). The molecule has 108 valence electrons. The van der Waals surface area contributed by atoms with Gasteiger partial charge in [0.1, 0.15) is 17.8 Å². The summed E-state index contributed by atoms with van der Waals surface area (Å²) in [6, 6.07) is 6.47. The minimum Gasteiger partial charge on any atom is -0.365 e. The van der Waals surface area contributed by atoms with Gasteiger partial charge in [0.05, 0.1) is 16.1 Å². The summed E-state index contributed by atoms with van der Waals surface area (Å²) in [5, 5.41) is 29.4. The fourth-order valence-electron chi connectivity index (χ4n) is 3.02. The standard InChI is InChI=1S/C15H16N4O2/c1-10-3-11(2)9-18(8-10)14-4-12(6-16)13(7-17)5-15(14)19(20)21/h4-5,10-11H,3,8-9H2,1-2H3/t10-,11+. The lowest BCUT2D eigenvalue weighted by Crippen LogP contribution is -2.39. The first kappa shape index (κ1) is 14.8. The number of hydrogen-bond donors (Lipinski definition) is 0. The topological polar surface area (TPSA) is 94.0 Å². The molecule has 0 aromatic heterocycles. The van der Waals surface area contributed by atoms with Gasteiger partial charge >= 0.3 is 0 Å². The Labute approximate surface area is 123 Å². The lowest BCUT2D eigenvalue weighted by molar-refractivity contribution is -0.384. The second-order valence-electron chi connectivity index (χ2n) is 5.72. The third kappa shape index (κ3) is 2.95. The van der Waals surface area contributed by atoms with Gasteiger partial charge in [-0.1, -0.05) is 13.8 Å². The van der Waals surface area contributed by atoms with Gasteiger partial charge in [-0.2, -0.15) is 10.5 Å². The van der Waals surface area contributed by atoms with Crippen LogP contribution in [0.4, 0.5) is 11.4 Å². The third-order valence-corrected chi connectivity index (χ3v) is 3.76. The summed E-state index contributed by atoms with van der Waals surface area (Å²) in [5.41, 5.74) is 0.566. The zero-order valence-electron chi connectivity index (χ0n) is 12.0. The Morgan fingerprint density at radius 3 is 2.19 bits per heavy atom. The molecule has 0 spiro atoms. The minimum atomic E-state index is -0.485. The zero-order valence-corrected chi connectivity index (χ0v) is 12.0. The van der Waals surface area contributed by atoms with E-state index in [1.54, 1.807) is 0 Å². The summed E-state index contributed by atoms with van der Waals surface area (Å²) >= 11 is 0. The van der Waals surface area contributed by atoms with E-state index in [0.717, 1.165) is 19.5 Å². The van der Waals surface area contributed by atoms with E-state index in [0.29, 0.717) is 17.5 Å². The average molecular weight is 284 g/mol. The molecule has 0 amide bonds. The number of hydrogen-bond acceptors (Lipinski definition) is 5. The smallest absolute Gasteiger partial charge is 0.293 e. The van der Waals surface area contributed by atoms with Crippen LogP contribution in [0.3, 0.4) is 0 Å². The fourth-order valence-corrected chi connectivity index (χ4v) is 3.02. The third-order valence-electron chi connectivity index (χ3n) is 3.76. The molecule has 2 atom stereocenters. The van der Waals surface area contributed by atoms with E-state index in [2.05, 4.69) is 13.8 Å². The highest BCUT2D eigenvalue weighted by Gasteiger charge is 2.28. The van der Waals surface area contributed by atoms with Crippen LogP contribution in [0.25, 0.3) is 0 Å². The molecule has 1 aromatic rings. The maximum absolute atomic E-state index is 11.3. The molecule has 6 nitrogen and oxygen atoms in total. The summed E-state index contributed by atoms with van der Waals surface area (Å²) < 4.78 is 0. The average Bonchev–Trinajstić information content (AvgIpc) is 2.44. The van der Waals surface area contributed by atoms with Crippen molar-refractivity contribution < 1.29 is 4.92 Å². The van der Waals surface area contributed by atoms with E-state index < -0.39 is 4.92 Å². The molecule has 0 radical (unpaired) electrons. The highest BCUT2D eigenvalue weighted by Crippen LogP contribution is 2.35. The van der Waals surface area contributed by atoms with Gasteiger partial charge in [0, 0.05) is 19.2 Å². The highest BCUT2D eigenvalue weighted by molar-refractivity contribution is 5.70. The molecule has 1 saturated heterocycles. The number of nitriles is 2. The quantitative estimate of drug-likeness (QED) is 0.614. The normalized spacial score (nSPS) is 21.4. The summed E-state index contributed by atoms with van der Waals surface area (Å²) in [5.74, 6) is 0.879. The summed E-state index contributed by atoms with van der Waals surface area (Å²) in [6.07, 6.45) is 1.09. The molecule has 0 aliphatic carbocycles. The zero-order chi connectivity index (χ0) is 15.6. The SMILES string of the molecule is C[C@@H]1C[C@H](C)CN(c2cc(C#N)c(C#N)cc2[N+](=O)[O-])C1. The van der Waals surface area contributed by atoms with Gasteiger partial charge < -0.3 is 4.90 Å². The highest BCUT2D eigenvalue weighted by atomic mass is 16.6. The first-order chi connectivity index (χ1) is 9.96. The van der Waals surface area contributed by atoms with E-state index in [-0.39, 0.29) is 16.8 Å². The van der Waals surface area contributed by atoms with Crippen molar-refractivity contribution in [3.63, 3.8) is 0 Å². The van der Waals surface area contributed by atoms with E-state index >= 15 is 0 Å². The Balaban J connectivity index is 2.54. The molecule has 1 aromatic carbocycles. The second kappa shape index (κ2) is 5.80. The van der Waals surface area contributed by atoms with Crippen LogP contribution in [0.5, 0.6) is 0 Å². The van der Waals surface area contributed by atoms with E-state index in [4.69, 9.17) is 10.5 Å². The van der Waals surface area contributed by atoms with Crippen LogP contribution >= 0.6 is 0 Å². The Morgan fingerprint density at radius 1 is 1.19 bits per heavy atom. The van der Waals surface area contributed by atoms with Crippen molar-refractivity contribution in [2.75, 3.05) is 18.0 Å². The molecule has 0 N–H and O–H groups in total. The lowest BCUT2D eigenvalue weighted by Gasteiger charge is -2.36. The molecular weight excluding hydrogens is 268 g/mol. The number of nitro benzene ring substituents is 1. The summed E-state index contributed by atoms with van der Waals surface area (Å²) in [7, 11) is 0. The van der Waals surface area contributed by atoms with Gasteiger partial charge in [0.2, 0.25) is 0 Å². The Kier molecular flexibility index (Phi) is 4.09. The van der Waals surface area contributed by atoms with Crippen molar-refractivity contribution in [1.29, 1.82) is 10.5 Å². The maximum atomic E-state index is 11.3. The van der Waals surface area contributed by atoms with Gasteiger partial charge in [-0.15, -0.1) is 0 Å². The van der Waals surface area contributed by atoms with Gasteiger partial charge in [-0.3, -0.25) is 10.1 Å². The number of piperidine rings is 1. The number of anilines is 1. The Bertz CT molecular complexity index is 647. The van der Waals surface area contributed by atoms with Gasteiger partial charge in [0.25, 0.3) is 5.69 Å². The van der Waals surface area contributed by atoms with Crippen LogP contribution in [-0.2, 0) is 0 Å². The first-order valence-electron chi connectivity index (χ1n) is 6.83. The van der Waals surface area contributed by atoms with Gasteiger partial charge in [0.15, 0.2) is 0 Å². The van der Waals surface area contributed by atoms with Crippen LogP contribution in [0.1, 0.15) is 31.4 Å². The van der Waals surface area contributed by atoms with Crippen molar-refractivity contribution in [3.05, 3.63) is 33.4 Å². The molecule has 6 heteroatoms. The monoisotopic (exact) mass is 284 g/mol. The van der Waals surface area contributed by atoms with Crippen molar-refractivity contribution in [1.82, 2.24) is 0 Å². The Hall–Kier alpha value is -2.60. The van der Waals surface area contributed by atoms with Crippen molar-refractivity contribution in [2.24, 2.45) is 11.8 Å². The maximum Gasteiger partial charge on any atom is 0.293 e. The van der Waals surface area contributed by atoms with Crippen LogP contribution < -0.4 is 4.90 Å². The van der Waals surface area contributed by atoms with Crippen molar-refractivity contribution >= 4 is 11.4 Å². The fraction of sp³-hybridized carbons (Fsp3) is 0.467. The van der Waals surface area contributed by atoms with Crippen molar-refractivity contribution in [3.8, 4) is 12.1 Å². The number of rotatable bonds is 2. The van der Waals surface area contributed by atoms with Gasteiger partial charge in [-0.05, 0) is 24.3 Å². The first-order valence-corrected chi connectivity index (χ1v) is 6.83. The molecule has 21 heavy (non-hydrogen) atoms. The van der Waals surface area contributed by atoms with E-state index in [1.165, 1.54) is 12.1 Å². The second-order valence-corrected chi connectivity index (χ2v) is 5.72. The minimum absolute atomic E-state index is 0.0473. The molecule has 1 aliphatic rings. The Morgan fingerprint density at radius 2 is 1.71 bits per heavy atom. The lowest BCUT2D eigenvalue weighted by atomic mass is 9.91. The molecule has 1 heterocycles. The number of benzene rings is 1. The summed E-state index contributed by atoms with van der Waals surface area (Å²) in [4.78, 5) is 12.8. The number of nitro groups is 1. The largest absolute Gasteiger partial charge is 0.365 e. The van der Waals surface area contributed by atoms with Gasteiger partial charge in [-0.25, -0.2) is 0 Å². The van der Waals surface area contributed by atoms with Crippen LogP contribution in [0, 0.1) is 44.6 Å². The molecule has 0 saturated carbocycles. The predicted octanol–water partition coefficient (Wildman–Crippen LogP) is 2.82. The molecule has 0 unspecified atom stereocenters. The van der Waals surface area contributed by atoms with Crippen LogP contribution in [0.2, 0.25) is 0 Å².